The summed E-state index contributed by atoms with van der Waals surface area (Å²) in [7, 11) is 0. The molecule has 20 heavy (non-hydrogen) atoms. The van der Waals surface area contributed by atoms with Crippen LogP contribution in [0, 0.1) is 6.92 Å². The minimum atomic E-state index is -1.00. The van der Waals surface area contributed by atoms with Crippen molar-refractivity contribution in [2.45, 2.75) is 19.3 Å². The molecule has 0 saturated heterocycles. The van der Waals surface area contributed by atoms with E-state index in [4.69, 9.17) is 5.11 Å². The van der Waals surface area contributed by atoms with Gasteiger partial charge in [0, 0.05) is 6.20 Å². The predicted octanol–water partition coefficient (Wildman–Crippen LogP) is 2.83. The second-order valence-corrected chi connectivity index (χ2v) is 4.64. The summed E-state index contributed by atoms with van der Waals surface area (Å²) in [6.07, 6.45) is 1.29. The topological polar surface area (TPSA) is 67.3 Å². The van der Waals surface area contributed by atoms with Gasteiger partial charge in [-0.2, -0.15) is 0 Å². The molecule has 0 saturated carbocycles. The van der Waals surface area contributed by atoms with Crippen molar-refractivity contribution in [3.63, 3.8) is 0 Å². The maximum atomic E-state index is 12.4. The number of rotatable bonds is 5. The molecule has 0 amide bonds. The Bertz CT molecular complexity index is 605. The lowest BCUT2D eigenvalue weighted by molar-refractivity contribution is -0.137. The zero-order valence-electron chi connectivity index (χ0n) is 11.1. The van der Waals surface area contributed by atoms with Gasteiger partial charge in [0.2, 0.25) is 0 Å². The fourth-order valence-corrected chi connectivity index (χ4v) is 2.02. The number of aryl methyl sites for hydroxylation is 1. The van der Waals surface area contributed by atoms with Gasteiger partial charge in [0.25, 0.3) is 0 Å². The van der Waals surface area contributed by atoms with E-state index >= 15 is 0 Å². The van der Waals surface area contributed by atoms with Crippen molar-refractivity contribution in [3.05, 3.63) is 65.5 Å². The third-order valence-electron chi connectivity index (χ3n) is 3.09. The van der Waals surface area contributed by atoms with Crippen LogP contribution in [-0.2, 0) is 4.79 Å². The molecule has 2 aromatic rings. The van der Waals surface area contributed by atoms with Crippen LogP contribution >= 0.6 is 0 Å². The first-order valence-corrected chi connectivity index (χ1v) is 6.31. The van der Waals surface area contributed by atoms with Gasteiger partial charge in [-0.25, -0.2) is 0 Å². The summed E-state index contributed by atoms with van der Waals surface area (Å²) in [4.78, 5) is 27.5. The Hall–Kier alpha value is -2.49. The molecular weight excluding hydrogens is 254 g/mol. The predicted molar refractivity (Wildman–Crippen MR) is 74.7 cm³/mol. The van der Waals surface area contributed by atoms with Crippen LogP contribution in [-0.4, -0.2) is 21.8 Å². The number of nitrogens with zero attached hydrogens (tertiary/aromatic N) is 1. The maximum absolute atomic E-state index is 12.4. The summed E-state index contributed by atoms with van der Waals surface area (Å²) in [6.45, 7) is 1.94. The van der Waals surface area contributed by atoms with Gasteiger partial charge in [-0.05, 0) is 24.6 Å². The van der Waals surface area contributed by atoms with Crippen LogP contribution in [0.5, 0.6) is 0 Å². The summed E-state index contributed by atoms with van der Waals surface area (Å²) in [5, 5.41) is 9.02. The SMILES string of the molecule is Cc1ccc(C(CC(=O)O)C(=O)c2ccccn2)cc1. The quantitative estimate of drug-likeness (QED) is 0.847. The molecule has 102 valence electrons. The van der Waals surface area contributed by atoms with Crippen LogP contribution in [0.2, 0.25) is 0 Å². The highest BCUT2D eigenvalue weighted by atomic mass is 16.4. The standard InChI is InChI=1S/C16H15NO3/c1-11-5-7-12(8-6-11)13(10-15(18)19)16(20)14-4-2-3-9-17-14/h2-9,13H,10H2,1H3,(H,18,19). The van der Waals surface area contributed by atoms with Crippen molar-refractivity contribution in [2.24, 2.45) is 0 Å². The molecule has 0 bridgehead atoms. The first-order valence-electron chi connectivity index (χ1n) is 6.31. The lowest BCUT2D eigenvalue weighted by atomic mass is 9.89. The average Bonchev–Trinajstić information content (AvgIpc) is 2.46. The Kier molecular flexibility index (Phi) is 4.25. The summed E-state index contributed by atoms with van der Waals surface area (Å²) in [5.41, 5.74) is 2.06. The van der Waals surface area contributed by atoms with Gasteiger partial charge in [0.1, 0.15) is 5.69 Å². The van der Waals surface area contributed by atoms with Crippen molar-refractivity contribution in [1.82, 2.24) is 4.98 Å². The Labute approximate surface area is 117 Å². The molecule has 0 spiro atoms. The van der Waals surface area contributed by atoms with Crippen LogP contribution in [0.1, 0.15) is 34.0 Å². The van der Waals surface area contributed by atoms with Gasteiger partial charge in [-0.3, -0.25) is 14.6 Å². The number of ketones is 1. The lowest BCUT2D eigenvalue weighted by Gasteiger charge is -2.14. The van der Waals surface area contributed by atoms with Crippen LogP contribution in [0.3, 0.4) is 0 Å². The third-order valence-corrected chi connectivity index (χ3v) is 3.09. The average molecular weight is 269 g/mol. The fourth-order valence-electron chi connectivity index (χ4n) is 2.02. The van der Waals surface area contributed by atoms with Crippen molar-refractivity contribution >= 4 is 11.8 Å². The highest BCUT2D eigenvalue weighted by molar-refractivity contribution is 6.01. The molecule has 4 heteroatoms. The van der Waals surface area contributed by atoms with E-state index < -0.39 is 11.9 Å². The van der Waals surface area contributed by atoms with Crippen molar-refractivity contribution < 1.29 is 14.7 Å². The Morgan fingerprint density at radius 2 is 1.85 bits per heavy atom. The van der Waals surface area contributed by atoms with Gasteiger partial charge in [-0.15, -0.1) is 0 Å². The Morgan fingerprint density at radius 1 is 1.15 bits per heavy atom. The molecule has 1 heterocycles. The van der Waals surface area contributed by atoms with Crippen molar-refractivity contribution in [1.29, 1.82) is 0 Å². The summed E-state index contributed by atoms with van der Waals surface area (Å²) in [6, 6.07) is 12.4. The number of benzene rings is 1. The van der Waals surface area contributed by atoms with Gasteiger partial charge >= 0.3 is 5.97 Å². The fraction of sp³-hybridized carbons (Fsp3) is 0.188. The molecule has 0 aliphatic carbocycles. The number of carbonyl (C=O) groups is 2. The summed E-state index contributed by atoms with van der Waals surface area (Å²) < 4.78 is 0. The van der Waals surface area contributed by atoms with E-state index in [2.05, 4.69) is 4.98 Å². The molecule has 1 aromatic heterocycles. The van der Waals surface area contributed by atoms with Crippen LogP contribution in [0.25, 0.3) is 0 Å². The van der Waals surface area contributed by atoms with Crippen LogP contribution in [0.4, 0.5) is 0 Å². The minimum absolute atomic E-state index is 0.238. The van der Waals surface area contributed by atoms with E-state index in [0.717, 1.165) is 5.56 Å². The largest absolute Gasteiger partial charge is 0.481 e. The smallest absolute Gasteiger partial charge is 0.304 e. The van der Waals surface area contributed by atoms with Crippen LogP contribution in [0.15, 0.2) is 48.7 Å². The van der Waals surface area contributed by atoms with E-state index in [-0.39, 0.29) is 12.2 Å². The van der Waals surface area contributed by atoms with Crippen LogP contribution < -0.4 is 0 Å². The van der Waals surface area contributed by atoms with Crippen molar-refractivity contribution in [2.75, 3.05) is 0 Å². The summed E-state index contributed by atoms with van der Waals surface area (Å²) in [5.74, 6) is -1.97. The highest BCUT2D eigenvalue weighted by Crippen LogP contribution is 2.24. The molecule has 1 unspecified atom stereocenters. The Balaban J connectivity index is 2.35. The number of aromatic nitrogens is 1. The second kappa shape index (κ2) is 6.10. The molecule has 0 radical (unpaired) electrons. The van der Waals surface area contributed by atoms with Gasteiger partial charge in [0.05, 0.1) is 12.3 Å². The first-order chi connectivity index (χ1) is 9.58. The van der Waals surface area contributed by atoms with Gasteiger partial charge in [0.15, 0.2) is 5.78 Å². The molecule has 1 N–H and O–H groups in total. The van der Waals surface area contributed by atoms with E-state index in [9.17, 15) is 9.59 Å². The van der Waals surface area contributed by atoms with E-state index in [0.29, 0.717) is 11.3 Å². The molecule has 2 rings (SSSR count). The third kappa shape index (κ3) is 3.29. The lowest BCUT2D eigenvalue weighted by Crippen LogP contribution is -2.18. The monoisotopic (exact) mass is 269 g/mol. The van der Waals surface area contributed by atoms with Crippen molar-refractivity contribution in [3.8, 4) is 0 Å². The van der Waals surface area contributed by atoms with Gasteiger partial charge in [-0.1, -0.05) is 35.9 Å². The van der Waals surface area contributed by atoms with Gasteiger partial charge < -0.3 is 5.11 Å². The number of Topliss-reactive ketones (excluding diaryl/α,β-unsaturated/α-hetero) is 1. The number of hydrogen-bond donors (Lipinski definition) is 1. The molecular formula is C16H15NO3. The number of pyridine rings is 1. The Morgan fingerprint density at radius 3 is 2.40 bits per heavy atom. The molecule has 1 atom stereocenters. The number of carboxylic acids is 1. The molecule has 0 fully saturated rings. The number of carbonyl (C=O) groups excluding carboxylic acids is 1. The highest BCUT2D eigenvalue weighted by Gasteiger charge is 2.25. The van der Waals surface area contributed by atoms with E-state index in [1.54, 1.807) is 30.3 Å². The first kappa shape index (κ1) is 13.9. The minimum Gasteiger partial charge on any atom is -0.481 e. The molecule has 0 aliphatic heterocycles. The van der Waals surface area contributed by atoms with E-state index in [1.807, 2.05) is 19.1 Å². The normalized spacial score (nSPS) is 11.8. The van der Waals surface area contributed by atoms with E-state index in [1.165, 1.54) is 6.20 Å². The zero-order chi connectivity index (χ0) is 14.5. The number of carboxylic acid groups (broad SMARTS) is 1. The molecule has 1 aromatic carbocycles. The zero-order valence-corrected chi connectivity index (χ0v) is 11.1. The molecule has 4 nitrogen and oxygen atoms in total. The number of hydrogen-bond acceptors (Lipinski definition) is 3. The summed E-state index contributed by atoms with van der Waals surface area (Å²) >= 11 is 0. The maximum Gasteiger partial charge on any atom is 0.304 e. The second-order valence-electron chi connectivity index (χ2n) is 4.64. The molecule has 0 aliphatic rings. The number of aliphatic carboxylic acids is 1.